The molecule has 4 aromatic rings. The summed E-state index contributed by atoms with van der Waals surface area (Å²) in [6.45, 7) is 0. The number of fused-ring (bicyclic) bond motifs is 1. The SMILES string of the molecule is COc1ccc2nc(N3C(=O)C(=O)/C(=C(/O)c4ccncc4)C3c3ccc([N+](=O)[O-])cc3)sc2c1. The van der Waals surface area contributed by atoms with E-state index >= 15 is 0 Å². The number of non-ortho nitro benzene ring substituents is 1. The third-order valence-corrected chi connectivity index (χ3v) is 6.63. The number of hydrogen-bond donors (Lipinski definition) is 1. The van der Waals surface area contributed by atoms with Crippen molar-refractivity contribution in [3.05, 3.63) is 93.8 Å². The van der Waals surface area contributed by atoms with Crippen LogP contribution < -0.4 is 9.64 Å². The van der Waals surface area contributed by atoms with Gasteiger partial charge < -0.3 is 9.84 Å². The van der Waals surface area contributed by atoms with Gasteiger partial charge in [0.2, 0.25) is 0 Å². The van der Waals surface area contributed by atoms with Crippen molar-refractivity contribution in [3.8, 4) is 5.75 Å². The van der Waals surface area contributed by atoms with Gasteiger partial charge in [0, 0.05) is 30.1 Å². The van der Waals surface area contributed by atoms with E-state index in [0.29, 0.717) is 22.4 Å². The number of aromatic nitrogens is 2. The molecule has 1 unspecified atom stereocenters. The number of amides is 1. The molecule has 0 radical (unpaired) electrons. The van der Waals surface area contributed by atoms with Gasteiger partial charge in [-0.15, -0.1) is 0 Å². The monoisotopic (exact) mass is 488 g/mol. The van der Waals surface area contributed by atoms with Gasteiger partial charge in [-0.05, 0) is 48.0 Å². The van der Waals surface area contributed by atoms with Crippen LogP contribution in [0.3, 0.4) is 0 Å². The van der Waals surface area contributed by atoms with Gasteiger partial charge in [0.05, 0.1) is 33.9 Å². The Hall–Kier alpha value is -4.64. The maximum atomic E-state index is 13.3. The molecular formula is C24H16N4O6S. The van der Waals surface area contributed by atoms with Gasteiger partial charge in [0.1, 0.15) is 11.5 Å². The fraction of sp³-hybridized carbons (Fsp3) is 0.0833. The molecule has 35 heavy (non-hydrogen) atoms. The third-order valence-electron chi connectivity index (χ3n) is 5.61. The lowest BCUT2D eigenvalue weighted by molar-refractivity contribution is -0.384. The Morgan fingerprint density at radius 2 is 1.83 bits per heavy atom. The number of ether oxygens (including phenoxy) is 1. The Balaban J connectivity index is 1.71. The molecule has 1 N–H and O–H groups in total. The number of carbonyl (C=O) groups is 2. The first-order valence-electron chi connectivity index (χ1n) is 10.3. The molecule has 1 atom stereocenters. The normalized spacial score (nSPS) is 17.2. The van der Waals surface area contributed by atoms with Crippen molar-refractivity contribution >= 4 is 49.8 Å². The van der Waals surface area contributed by atoms with E-state index < -0.39 is 22.7 Å². The lowest BCUT2D eigenvalue weighted by Crippen LogP contribution is -2.29. The van der Waals surface area contributed by atoms with Gasteiger partial charge in [-0.3, -0.25) is 29.6 Å². The van der Waals surface area contributed by atoms with Crippen LogP contribution in [0.1, 0.15) is 17.2 Å². The van der Waals surface area contributed by atoms with Crippen molar-refractivity contribution in [2.24, 2.45) is 0 Å². The molecule has 1 aliphatic rings. The minimum Gasteiger partial charge on any atom is -0.507 e. The Bertz CT molecular complexity index is 1510. The first kappa shape index (κ1) is 22.2. The van der Waals surface area contributed by atoms with Crippen LogP contribution in [0.4, 0.5) is 10.8 Å². The average molecular weight is 488 g/mol. The highest BCUT2D eigenvalue weighted by Gasteiger charge is 2.48. The number of nitro groups is 1. The molecule has 0 aliphatic carbocycles. The van der Waals surface area contributed by atoms with E-state index in [1.54, 1.807) is 18.2 Å². The lowest BCUT2D eigenvalue weighted by atomic mass is 9.95. The van der Waals surface area contributed by atoms with Crippen molar-refractivity contribution in [2.75, 3.05) is 12.0 Å². The number of nitro benzene ring substituents is 1. The molecule has 0 bridgehead atoms. The van der Waals surface area contributed by atoms with Gasteiger partial charge in [0.15, 0.2) is 5.13 Å². The highest BCUT2D eigenvalue weighted by atomic mass is 32.1. The highest BCUT2D eigenvalue weighted by Crippen LogP contribution is 2.44. The fourth-order valence-corrected chi connectivity index (χ4v) is 4.93. The summed E-state index contributed by atoms with van der Waals surface area (Å²) >= 11 is 1.19. The first-order valence-corrected chi connectivity index (χ1v) is 11.1. The molecule has 5 rings (SSSR count). The number of aliphatic hydroxyl groups is 1. The van der Waals surface area contributed by atoms with Crippen LogP contribution in [0.2, 0.25) is 0 Å². The number of hydrogen-bond acceptors (Lipinski definition) is 9. The van der Waals surface area contributed by atoms with E-state index in [2.05, 4.69) is 9.97 Å². The van der Waals surface area contributed by atoms with Crippen LogP contribution in [-0.2, 0) is 9.59 Å². The van der Waals surface area contributed by atoms with Gasteiger partial charge in [-0.25, -0.2) is 4.98 Å². The molecule has 0 spiro atoms. The predicted octanol–water partition coefficient (Wildman–Crippen LogP) is 4.23. The number of thiazole rings is 1. The summed E-state index contributed by atoms with van der Waals surface area (Å²) in [5, 5.41) is 22.5. The molecule has 1 amide bonds. The number of pyridine rings is 1. The summed E-state index contributed by atoms with van der Waals surface area (Å²) in [7, 11) is 1.54. The number of carbonyl (C=O) groups excluding carboxylic acids is 2. The van der Waals surface area contributed by atoms with Crippen LogP contribution in [0.25, 0.3) is 16.0 Å². The van der Waals surface area contributed by atoms with Crippen molar-refractivity contribution < 1.29 is 24.4 Å². The van der Waals surface area contributed by atoms with E-state index in [4.69, 9.17) is 4.74 Å². The van der Waals surface area contributed by atoms with Gasteiger partial charge >= 0.3 is 5.91 Å². The molecule has 0 saturated carbocycles. The molecule has 1 fully saturated rings. The Morgan fingerprint density at radius 3 is 2.49 bits per heavy atom. The van der Waals surface area contributed by atoms with Crippen LogP contribution >= 0.6 is 11.3 Å². The van der Waals surface area contributed by atoms with E-state index in [1.807, 2.05) is 0 Å². The summed E-state index contributed by atoms with van der Waals surface area (Å²) in [6.07, 6.45) is 2.90. The molecule has 11 heteroatoms. The van der Waals surface area contributed by atoms with Crippen molar-refractivity contribution in [1.82, 2.24) is 9.97 Å². The predicted molar refractivity (Wildman–Crippen MR) is 128 cm³/mol. The fourth-order valence-electron chi connectivity index (χ4n) is 3.91. The summed E-state index contributed by atoms with van der Waals surface area (Å²) in [5.74, 6) is -1.52. The second-order valence-electron chi connectivity index (χ2n) is 7.58. The molecule has 2 aromatic heterocycles. The van der Waals surface area contributed by atoms with E-state index in [1.165, 1.54) is 72.1 Å². The van der Waals surface area contributed by atoms with E-state index in [0.717, 1.165) is 4.70 Å². The summed E-state index contributed by atoms with van der Waals surface area (Å²) in [6, 6.07) is 12.7. The van der Waals surface area contributed by atoms with Crippen LogP contribution in [-0.4, -0.2) is 38.8 Å². The number of Topliss-reactive ketones (excluding diaryl/α,β-unsaturated/α-hetero) is 1. The maximum Gasteiger partial charge on any atom is 0.301 e. The molecule has 2 aromatic carbocycles. The van der Waals surface area contributed by atoms with Crippen LogP contribution in [0, 0.1) is 10.1 Å². The largest absolute Gasteiger partial charge is 0.507 e. The second kappa shape index (κ2) is 8.61. The van der Waals surface area contributed by atoms with Crippen molar-refractivity contribution in [3.63, 3.8) is 0 Å². The maximum absolute atomic E-state index is 13.3. The minimum atomic E-state index is -1.05. The topological polar surface area (TPSA) is 136 Å². The zero-order chi connectivity index (χ0) is 24.7. The number of rotatable bonds is 5. The molecular weight excluding hydrogens is 472 g/mol. The van der Waals surface area contributed by atoms with E-state index in [-0.39, 0.29) is 22.2 Å². The molecule has 1 aliphatic heterocycles. The molecule has 10 nitrogen and oxygen atoms in total. The van der Waals surface area contributed by atoms with Gasteiger partial charge in [-0.1, -0.05) is 11.3 Å². The summed E-state index contributed by atoms with van der Waals surface area (Å²) in [5.41, 5.74) is 1.02. The van der Waals surface area contributed by atoms with Crippen molar-refractivity contribution in [1.29, 1.82) is 0 Å². The summed E-state index contributed by atoms with van der Waals surface area (Å²) < 4.78 is 5.99. The summed E-state index contributed by atoms with van der Waals surface area (Å²) in [4.78, 5) is 46.7. The average Bonchev–Trinajstić information content (AvgIpc) is 3.41. The Kier molecular flexibility index (Phi) is 5.46. The number of nitrogens with zero attached hydrogens (tertiary/aromatic N) is 4. The minimum absolute atomic E-state index is 0.146. The molecule has 174 valence electrons. The number of benzene rings is 2. The molecule has 3 heterocycles. The van der Waals surface area contributed by atoms with Crippen LogP contribution in [0.15, 0.2) is 72.6 Å². The first-order chi connectivity index (χ1) is 16.9. The van der Waals surface area contributed by atoms with E-state index in [9.17, 15) is 24.8 Å². The highest BCUT2D eigenvalue weighted by molar-refractivity contribution is 7.22. The Morgan fingerprint density at radius 1 is 1.11 bits per heavy atom. The standard InChI is InChI=1S/C24H16N4O6S/c1-34-16-6-7-17-18(12-16)35-24(26-17)27-20(13-2-4-15(5-3-13)28(32)33)19(22(30)23(27)31)21(29)14-8-10-25-11-9-14/h2-12,20,29H,1H3/b21-19+. The quantitative estimate of drug-likeness (QED) is 0.145. The molecule has 1 saturated heterocycles. The Labute approximate surface area is 201 Å². The number of ketones is 1. The smallest absolute Gasteiger partial charge is 0.301 e. The van der Waals surface area contributed by atoms with Crippen LogP contribution in [0.5, 0.6) is 5.75 Å². The number of aliphatic hydroxyl groups excluding tert-OH is 1. The number of methoxy groups -OCH3 is 1. The lowest BCUT2D eigenvalue weighted by Gasteiger charge is -2.22. The van der Waals surface area contributed by atoms with Gasteiger partial charge in [-0.2, -0.15) is 0 Å². The zero-order valence-electron chi connectivity index (χ0n) is 18.1. The second-order valence-corrected chi connectivity index (χ2v) is 8.59. The van der Waals surface area contributed by atoms with Gasteiger partial charge in [0.25, 0.3) is 11.5 Å². The third kappa shape index (κ3) is 3.77. The van der Waals surface area contributed by atoms with Crippen molar-refractivity contribution in [2.45, 2.75) is 6.04 Å². The number of anilines is 1. The zero-order valence-corrected chi connectivity index (χ0v) is 18.9.